The van der Waals surface area contributed by atoms with Crippen molar-refractivity contribution in [1.82, 2.24) is 9.55 Å². The van der Waals surface area contributed by atoms with Gasteiger partial charge >= 0.3 is 5.97 Å². The highest BCUT2D eigenvalue weighted by molar-refractivity contribution is 7.99. The van der Waals surface area contributed by atoms with E-state index in [0.29, 0.717) is 0 Å². The van der Waals surface area contributed by atoms with E-state index in [-0.39, 0.29) is 5.69 Å². The molecule has 0 fully saturated rings. The molecule has 0 aliphatic carbocycles. The smallest absolute Gasteiger partial charge is 0.356 e. The summed E-state index contributed by atoms with van der Waals surface area (Å²) in [6.07, 6.45) is 1.51. The van der Waals surface area contributed by atoms with Crippen LogP contribution >= 0.6 is 11.8 Å². The van der Waals surface area contributed by atoms with Crippen molar-refractivity contribution in [3.63, 3.8) is 0 Å². The van der Waals surface area contributed by atoms with Gasteiger partial charge in [0.05, 0.1) is 0 Å². The first kappa shape index (κ1) is 9.12. The zero-order valence-electron chi connectivity index (χ0n) is 6.94. The topological polar surface area (TPSA) is 55.1 Å². The van der Waals surface area contributed by atoms with E-state index in [4.69, 9.17) is 5.11 Å². The second-order valence-corrected chi connectivity index (χ2v) is 3.49. The van der Waals surface area contributed by atoms with Crippen molar-refractivity contribution in [1.29, 1.82) is 0 Å². The predicted molar refractivity (Wildman–Crippen MR) is 46.6 cm³/mol. The Morgan fingerprint density at radius 3 is 2.92 bits per heavy atom. The third kappa shape index (κ3) is 1.79. The van der Waals surface area contributed by atoms with Crippen LogP contribution < -0.4 is 0 Å². The number of carbonyl (C=O) groups is 1. The molecule has 1 heterocycles. The highest BCUT2D eigenvalue weighted by Gasteiger charge is 2.10. The van der Waals surface area contributed by atoms with Gasteiger partial charge in [-0.05, 0) is 5.75 Å². The summed E-state index contributed by atoms with van der Waals surface area (Å²) in [5, 5.41) is 9.35. The summed E-state index contributed by atoms with van der Waals surface area (Å²) in [6, 6.07) is 0. The molecule has 1 aromatic rings. The SMILES string of the molecule is CCSc1nc(C(=O)O)cn1C. The van der Waals surface area contributed by atoms with Crippen LogP contribution in [-0.4, -0.2) is 26.4 Å². The first-order valence-electron chi connectivity index (χ1n) is 3.54. The number of imidazole rings is 1. The van der Waals surface area contributed by atoms with Gasteiger partial charge in [-0.25, -0.2) is 9.78 Å². The molecular weight excluding hydrogens is 176 g/mol. The maximum absolute atomic E-state index is 10.5. The van der Waals surface area contributed by atoms with E-state index in [1.54, 1.807) is 11.6 Å². The number of aryl methyl sites for hydroxylation is 1. The molecule has 4 nitrogen and oxygen atoms in total. The maximum atomic E-state index is 10.5. The zero-order chi connectivity index (χ0) is 9.14. The van der Waals surface area contributed by atoms with Crippen molar-refractivity contribution in [2.75, 3.05) is 5.75 Å². The minimum Gasteiger partial charge on any atom is -0.476 e. The van der Waals surface area contributed by atoms with Crippen LogP contribution in [0.15, 0.2) is 11.4 Å². The van der Waals surface area contributed by atoms with E-state index >= 15 is 0 Å². The fourth-order valence-corrected chi connectivity index (χ4v) is 1.49. The average Bonchev–Trinajstić information content (AvgIpc) is 2.34. The number of carboxylic acids is 1. The molecule has 0 amide bonds. The summed E-state index contributed by atoms with van der Waals surface area (Å²) in [5.74, 6) is -0.0854. The molecular formula is C7H10N2O2S. The van der Waals surface area contributed by atoms with Crippen molar-refractivity contribution in [3.8, 4) is 0 Å². The molecule has 0 unspecified atom stereocenters. The number of hydrogen-bond donors (Lipinski definition) is 1. The molecule has 0 spiro atoms. The average molecular weight is 186 g/mol. The lowest BCUT2D eigenvalue weighted by Crippen LogP contribution is -1.95. The lowest BCUT2D eigenvalue weighted by molar-refractivity contribution is 0.0690. The van der Waals surface area contributed by atoms with Gasteiger partial charge in [-0.3, -0.25) is 0 Å². The fraction of sp³-hybridized carbons (Fsp3) is 0.429. The van der Waals surface area contributed by atoms with Gasteiger partial charge in [0.25, 0.3) is 0 Å². The monoisotopic (exact) mass is 186 g/mol. The lowest BCUT2D eigenvalue weighted by Gasteiger charge is -1.95. The van der Waals surface area contributed by atoms with E-state index in [1.165, 1.54) is 18.0 Å². The van der Waals surface area contributed by atoms with Gasteiger partial charge < -0.3 is 9.67 Å². The van der Waals surface area contributed by atoms with Crippen molar-refractivity contribution in [2.45, 2.75) is 12.1 Å². The standard InChI is InChI=1S/C7H10N2O2S/c1-3-12-7-8-5(6(10)11)4-9(7)2/h4H,3H2,1-2H3,(H,10,11). The Balaban J connectivity index is 2.92. The Morgan fingerprint density at radius 1 is 1.83 bits per heavy atom. The van der Waals surface area contributed by atoms with E-state index < -0.39 is 5.97 Å². The van der Waals surface area contributed by atoms with Crippen LogP contribution in [0.5, 0.6) is 0 Å². The van der Waals surface area contributed by atoms with Crippen molar-refractivity contribution >= 4 is 17.7 Å². The third-order valence-electron chi connectivity index (χ3n) is 1.33. The Labute approximate surface area is 74.6 Å². The Bertz CT molecular complexity index is 296. The van der Waals surface area contributed by atoms with Gasteiger partial charge in [-0.2, -0.15) is 0 Å². The number of rotatable bonds is 3. The summed E-state index contributed by atoms with van der Waals surface area (Å²) in [7, 11) is 1.79. The van der Waals surface area contributed by atoms with Crippen LogP contribution in [0.25, 0.3) is 0 Å². The van der Waals surface area contributed by atoms with E-state index in [0.717, 1.165) is 10.9 Å². The number of thioether (sulfide) groups is 1. The van der Waals surface area contributed by atoms with Crippen molar-refractivity contribution in [2.24, 2.45) is 7.05 Å². The maximum Gasteiger partial charge on any atom is 0.356 e. The Hall–Kier alpha value is -0.970. The summed E-state index contributed by atoms with van der Waals surface area (Å²) in [6.45, 7) is 2.00. The number of aromatic carboxylic acids is 1. The molecule has 0 aliphatic rings. The minimum absolute atomic E-state index is 0.105. The normalized spacial score (nSPS) is 10.2. The summed E-state index contributed by atoms with van der Waals surface area (Å²) < 4.78 is 1.72. The van der Waals surface area contributed by atoms with Crippen LogP contribution in [0.3, 0.4) is 0 Å². The van der Waals surface area contributed by atoms with Gasteiger partial charge in [-0.15, -0.1) is 0 Å². The molecule has 1 N–H and O–H groups in total. The molecule has 0 saturated carbocycles. The van der Waals surface area contributed by atoms with Crippen LogP contribution in [0.4, 0.5) is 0 Å². The lowest BCUT2D eigenvalue weighted by atomic mass is 10.5. The third-order valence-corrected chi connectivity index (χ3v) is 2.25. The first-order chi connectivity index (χ1) is 5.65. The molecule has 0 bridgehead atoms. The number of nitrogens with zero attached hydrogens (tertiary/aromatic N) is 2. The van der Waals surface area contributed by atoms with Gasteiger partial charge in [0, 0.05) is 13.2 Å². The first-order valence-corrected chi connectivity index (χ1v) is 4.53. The van der Waals surface area contributed by atoms with E-state index in [9.17, 15) is 4.79 Å². The molecule has 66 valence electrons. The second kappa shape index (κ2) is 3.62. The highest BCUT2D eigenvalue weighted by atomic mass is 32.2. The molecule has 12 heavy (non-hydrogen) atoms. The quantitative estimate of drug-likeness (QED) is 0.721. The number of carboxylic acid groups (broad SMARTS) is 1. The van der Waals surface area contributed by atoms with Crippen LogP contribution in [0.2, 0.25) is 0 Å². The summed E-state index contributed by atoms with van der Waals surface area (Å²) >= 11 is 1.53. The molecule has 0 radical (unpaired) electrons. The molecule has 0 atom stereocenters. The fourth-order valence-electron chi connectivity index (χ4n) is 0.816. The van der Waals surface area contributed by atoms with Crippen LogP contribution in [-0.2, 0) is 7.05 Å². The predicted octanol–water partition coefficient (Wildman–Crippen LogP) is 1.23. The van der Waals surface area contributed by atoms with E-state index in [1.807, 2.05) is 6.92 Å². The zero-order valence-corrected chi connectivity index (χ0v) is 7.76. The minimum atomic E-state index is -0.978. The number of hydrogen-bond acceptors (Lipinski definition) is 3. The molecule has 0 saturated heterocycles. The summed E-state index contributed by atoms with van der Waals surface area (Å²) in [4.78, 5) is 14.4. The van der Waals surface area contributed by atoms with Gasteiger partial charge in [-0.1, -0.05) is 18.7 Å². The van der Waals surface area contributed by atoms with E-state index in [2.05, 4.69) is 4.98 Å². The molecule has 1 rings (SSSR count). The Kier molecular flexibility index (Phi) is 2.75. The van der Waals surface area contributed by atoms with Crippen molar-refractivity contribution < 1.29 is 9.90 Å². The highest BCUT2D eigenvalue weighted by Crippen LogP contribution is 2.15. The van der Waals surface area contributed by atoms with Crippen LogP contribution in [0, 0.1) is 0 Å². The van der Waals surface area contributed by atoms with Gasteiger partial charge in [0.1, 0.15) is 0 Å². The second-order valence-electron chi connectivity index (χ2n) is 2.26. The molecule has 0 aliphatic heterocycles. The molecule has 1 aromatic heterocycles. The van der Waals surface area contributed by atoms with Gasteiger partial charge in [0.15, 0.2) is 10.9 Å². The van der Waals surface area contributed by atoms with Crippen LogP contribution in [0.1, 0.15) is 17.4 Å². The Morgan fingerprint density at radius 2 is 2.50 bits per heavy atom. The van der Waals surface area contributed by atoms with Crippen molar-refractivity contribution in [3.05, 3.63) is 11.9 Å². The molecule has 0 aromatic carbocycles. The largest absolute Gasteiger partial charge is 0.476 e. The molecule has 5 heteroatoms. The number of aromatic nitrogens is 2. The summed E-state index contributed by atoms with van der Waals surface area (Å²) in [5.41, 5.74) is 0.105. The van der Waals surface area contributed by atoms with Gasteiger partial charge in [0.2, 0.25) is 0 Å².